The molecule has 1 atom stereocenters. The van der Waals surface area contributed by atoms with Crippen molar-refractivity contribution in [3.8, 4) is 5.88 Å². The van der Waals surface area contributed by atoms with Crippen molar-refractivity contribution < 1.29 is 31.9 Å². The van der Waals surface area contributed by atoms with Gasteiger partial charge in [-0.15, -0.1) is 0 Å². The maximum absolute atomic E-state index is 13.4. The fourth-order valence-corrected chi connectivity index (χ4v) is 4.11. The molecule has 0 unspecified atom stereocenters. The lowest BCUT2D eigenvalue weighted by Crippen LogP contribution is -2.39. The Morgan fingerprint density at radius 1 is 1.27 bits per heavy atom. The molecule has 9 nitrogen and oxygen atoms in total. The predicted molar refractivity (Wildman–Crippen MR) is 110 cm³/mol. The standard InChI is InChI=1S/C19H16F4N6O3S/c1-32-15-13-16(25-8-24-15)33-17(27-13)28-18(31)29-5-4-10(7-29)26-14(30)9-2-3-12(20)11(6-9)19(21,22)23/h2-3,6,8,10H,4-5,7H2,1H3,(H,26,30)(H,27,28,31)/t10-/m1/s1. The molecule has 1 aromatic carbocycles. The van der Waals surface area contributed by atoms with E-state index < -0.39 is 35.5 Å². The number of nitrogens with one attached hydrogen (secondary N) is 2. The second-order valence-electron chi connectivity index (χ2n) is 7.08. The van der Waals surface area contributed by atoms with E-state index >= 15 is 0 Å². The van der Waals surface area contributed by atoms with E-state index in [2.05, 4.69) is 25.6 Å². The molecule has 0 bridgehead atoms. The highest BCUT2D eigenvalue weighted by Gasteiger charge is 2.35. The van der Waals surface area contributed by atoms with Gasteiger partial charge in [-0.25, -0.2) is 19.2 Å². The number of carbonyl (C=O) groups is 2. The summed E-state index contributed by atoms with van der Waals surface area (Å²) >= 11 is 1.13. The van der Waals surface area contributed by atoms with Crippen LogP contribution in [0.2, 0.25) is 0 Å². The summed E-state index contributed by atoms with van der Waals surface area (Å²) in [5.74, 6) is -1.97. The number of halogens is 4. The van der Waals surface area contributed by atoms with Crippen LogP contribution in [0.1, 0.15) is 22.3 Å². The SMILES string of the molecule is COc1ncnc2sc(NC(=O)N3CC[C@@H](NC(=O)c4ccc(F)c(C(F)(F)F)c4)C3)nc12. The molecule has 2 N–H and O–H groups in total. The summed E-state index contributed by atoms with van der Waals surface area (Å²) in [5, 5.41) is 5.52. The van der Waals surface area contributed by atoms with Gasteiger partial charge < -0.3 is 15.0 Å². The van der Waals surface area contributed by atoms with Gasteiger partial charge in [-0.1, -0.05) is 11.3 Å². The quantitative estimate of drug-likeness (QED) is 0.550. The van der Waals surface area contributed by atoms with Gasteiger partial charge in [0.15, 0.2) is 15.5 Å². The smallest absolute Gasteiger partial charge is 0.419 e. The van der Waals surface area contributed by atoms with E-state index in [1.807, 2.05) is 0 Å². The van der Waals surface area contributed by atoms with E-state index in [0.717, 1.165) is 17.4 Å². The Morgan fingerprint density at radius 3 is 2.79 bits per heavy atom. The number of nitrogens with zero attached hydrogens (tertiary/aromatic N) is 4. The van der Waals surface area contributed by atoms with Crippen LogP contribution in [-0.2, 0) is 6.18 Å². The second kappa shape index (κ2) is 8.77. The molecular formula is C19H16F4N6O3S. The third kappa shape index (κ3) is 4.79. The maximum Gasteiger partial charge on any atom is 0.419 e. The van der Waals surface area contributed by atoms with E-state index in [1.54, 1.807) is 0 Å². The van der Waals surface area contributed by atoms with E-state index in [4.69, 9.17) is 4.74 Å². The Labute approximate surface area is 187 Å². The van der Waals surface area contributed by atoms with Gasteiger partial charge >= 0.3 is 12.2 Å². The minimum atomic E-state index is -4.92. The van der Waals surface area contributed by atoms with Crippen LogP contribution >= 0.6 is 11.3 Å². The number of ether oxygens (including phenoxy) is 1. The predicted octanol–water partition coefficient (Wildman–Crippen LogP) is 3.29. The van der Waals surface area contributed by atoms with Crippen LogP contribution in [0.4, 0.5) is 27.5 Å². The first-order valence-corrected chi connectivity index (χ1v) is 10.4. The highest BCUT2D eigenvalue weighted by atomic mass is 32.1. The van der Waals surface area contributed by atoms with E-state index in [9.17, 15) is 27.2 Å². The summed E-state index contributed by atoms with van der Waals surface area (Å²) in [7, 11) is 1.44. The molecule has 3 heterocycles. The number of aromatic nitrogens is 3. The molecule has 0 aliphatic carbocycles. The van der Waals surface area contributed by atoms with Crippen LogP contribution in [0.3, 0.4) is 0 Å². The average molecular weight is 484 g/mol. The van der Waals surface area contributed by atoms with Crippen molar-refractivity contribution in [2.75, 3.05) is 25.5 Å². The van der Waals surface area contributed by atoms with Crippen molar-refractivity contribution in [3.63, 3.8) is 0 Å². The first-order valence-electron chi connectivity index (χ1n) is 9.54. The zero-order valence-corrected chi connectivity index (χ0v) is 17.8. The van der Waals surface area contributed by atoms with Crippen molar-refractivity contribution in [1.82, 2.24) is 25.2 Å². The highest BCUT2D eigenvalue weighted by molar-refractivity contribution is 7.22. The molecule has 3 amide bonds. The number of likely N-dealkylation sites (tertiary alicyclic amines) is 1. The summed E-state index contributed by atoms with van der Waals surface area (Å²) in [6.07, 6.45) is -3.21. The number of thiazole rings is 1. The second-order valence-corrected chi connectivity index (χ2v) is 8.06. The largest absolute Gasteiger partial charge is 0.479 e. The van der Waals surface area contributed by atoms with Crippen molar-refractivity contribution in [1.29, 1.82) is 0 Å². The molecule has 0 radical (unpaired) electrons. The molecule has 14 heteroatoms. The molecule has 2 aromatic heterocycles. The lowest BCUT2D eigenvalue weighted by atomic mass is 10.1. The third-order valence-electron chi connectivity index (χ3n) is 4.91. The Kier molecular flexibility index (Phi) is 6.01. The van der Waals surface area contributed by atoms with Crippen LogP contribution in [0.15, 0.2) is 24.5 Å². The number of alkyl halides is 3. The normalized spacial score (nSPS) is 16.2. The number of anilines is 1. The number of hydrogen-bond donors (Lipinski definition) is 2. The molecule has 1 saturated heterocycles. The van der Waals surface area contributed by atoms with Gasteiger partial charge in [-0.05, 0) is 24.6 Å². The van der Waals surface area contributed by atoms with Crippen molar-refractivity contribution in [2.45, 2.75) is 18.6 Å². The first kappa shape index (κ1) is 22.6. The van der Waals surface area contributed by atoms with Crippen LogP contribution in [0, 0.1) is 5.82 Å². The molecule has 174 valence electrons. The fraction of sp³-hybridized carbons (Fsp3) is 0.316. The number of rotatable bonds is 4. The van der Waals surface area contributed by atoms with Crippen LogP contribution in [0.25, 0.3) is 10.3 Å². The molecule has 1 aliphatic rings. The Morgan fingerprint density at radius 2 is 2.06 bits per heavy atom. The lowest BCUT2D eigenvalue weighted by Gasteiger charge is -2.17. The minimum absolute atomic E-state index is 0.138. The van der Waals surface area contributed by atoms with Crippen molar-refractivity contribution in [2.24, 2.45) is 0 Å². The topological polar surface area (TPSA) is 109 Å². The van der Waals surface area contributed by atoms with Crippen LogP contribution in [-0.4, -0.2) is 58.0 Å². The van der Waals surface area contributed by atoms with Gasteiger partial charge in [-0.3, -0.25) is 10.1 Å². The summed E-state index contributed by atoms with van der Waals surface area (Å²) in [5.41, 5.74) is -1.43. The third-order valence-corrected chi connectivity index (χ3v) is 5.79. The van der Waals surface area contributed by atoms with Gasteiger partial charge in [0.25, 0.3) is 5.91 Å². The molecular weight excluding hydrogens is 468 g/mol. The molecule has 0 saturated carbocycles. The Hall–Kier alpha value is -3.55. The van der Waals surface area contributed by atoms with Crippen molar-refractivity contribution in [3.05, 3.63) is 41.5 Å². The van der Waals surface area contributed by atoms with Gasteiger partial charge in [0.05, 0.1) is 12.7 Å². The van der Waals surface area contributed by atoms with Crippen LogP contribution in [0.5, 0.6) is 5.88 Å². The maximum atomic E-state index is 13.4. The van der Waals surface area contributed by atoms with Gasteiger partial charge in [0.1, 0.15) is 12.1 Å². The molecule has 4 rings (SSSR count). The zero-order chi connectivity index (χ0) is 23.8. The highest BCUT2D eigenvalue weighted by Crippen LogP contribution is 2.32. The number of methoxy groups -OCH3 is 1. The van der Waals surface area contributed by atoms with Gasteiger partial charge in [0.2, 0.25) is 5.88 Å². The molecule has 1 aliphatic heterocycles. The van der Waals surface area contributed by atoms with E-state index in [0.29, 0.717) is 35.4 Å². The number of urea groups is 1. The summed E-state index contributed by atoms with van der Waals surface area (Å²) in [4.78, 5) is 39.2. The van der Waals surface area contributed by atoms with E-state index in [-0.39, 0.29) is 23.1 Å². The molecule has 0 spiro atoms. The average Bonchev–Trinajstić information content (AvgIpc) is 3.39. The number of amides is 3. The van der Waals surface area contributed by atoms with Crippen molar-refractivity contribution >= 4 is 38.8 Å². The number of hydrogen-bond acceptors (Lipinski definition) is 7. The number of carbonyl (C=O) groups excluding carboxylic acids is 2. The summed E-state index contributed by atoms with van der Waals surface area (Å²) in [6.45, 7) is 0.445. The number of benzene rings is 1. The fourth-order valence-electron chi connectivity index (χ4n) is 3.32. The van der Waals surface area contributed by atoms with E-state index in [1.165, 1.54) is 18.3 Å². The van der Waals surface area contributed by atoms with Crippen LogP contribution < -0.4 is 15.4 Å². The first-order chi connectivity index (χ1) is 15.7. The monoisotopic (exact) mass is 484 g/mol. The Balaban J connectivity index is 1.37. The zero-order valence-electron chi connectivity index (χ0n) is 16.9. The van der Waals surface area contributed by atoms with Gasteiger partial charge in [0, 0.05) is 24.7 Å². The summed E-state index contributed by atoms with van der Waals surface area (Å²) in [6, 6.07) is 1.10. The van der Waals surface area contributed by atoms with Gasteiger partial charge in [-0.2, -0.15) is 18.2 Å². The summed E-state index contributed by atoms with van der Waals surface area (Å²) < 4.78 is 57.2. The Bertz CT molecular complexity index is 1220. The minimum Gasteiger partial charge on any atom is -0.479 e. The lowest BCUT2D eigenvalue weighted by molar-refractivity contribution is -0.140. The molecule has 3 aromatic rings. The number of fused-ring (bicyclic) bond motifs is 1. The molecule has 1 fully saturated rings. The molecule has 33 heavy (non-hydrogen) atoms.